The van der Waals surface area contributed by atoms with Gasteiger partial charge < -0.3 is 30.2 Å². The van der Waals surface area contributed by atoms with E-state index in [1.54, 1.807) is 36.5 Å². The van der Waals surface area contributed by atoms with Crippen LogP contribution in [0.4, 0.5) is 22.9 Å². The van der Waals surface area contributed by atoms with Gasteiger partial charge in [0.05, 0.1) is 42.7 Å². The molecule has 0 radical (unpaired) electrons. The molecule has 0 atom stereocenters. The maximum absolute atomic E-state index is 12.8. The Hall–Kier alpha value is -3.95. The summed E-state index contributed by atoms with van der Waals surface area (Å²) >= 11 is 12.3. The Labute approximate surface area is 231 Å². The second-order valence-electron chi connectivity index (χ2n) is 7.91. The Balaban J connectivity index is 1.82. The summed E-state index contributed by atoms with van der Waals surface area (Å²) in [5.41, 5.74) is 1.95. The Bertz CT molecular complexity index is 1320. The highest BCUT2D eigenvalue weighted by molar-refractivity contribution is 6.42. The van der Waals surface area contributed by atoms with E-state index in [-0.39, 0.29) is 16.0 Å². The van der Waals surface area contributed by atoms with Crippen molar-refractivity contribution < 1.29 is 23.8 Å². The fraction of sp³-hybridized carbons (Fsp3) is 0.222. The predicted molar refractivity (Wildman–Crippen MR) is 151 cm³/mol. The van der Waals surface area contributed by atoms with Crippen molar-refractivity contribution in [3.63, 3.8) is 0 Å². The van der Waals surface area contributed by atoms with Crippen LogP contribution in [0.2, 0.25) is 10.0 Å². The standard InChI is InChI=1S/C27H28Cl2N4O5/c1-5-7-24(34)32-20-14-18(28)19(29)15-21(20)33-25(35)10-9-16-8-6-11-30-27(16)31-17-12-22(36-2)26(38-4)23(13-17)37-3/h6,8-15H,5,7H2,1-4H3,(H,30,31)(H,32,34)(H,33,35)/b10-9+. The Morgan fingerprint density at radius 2 is 1.58 bits per heavy atom. The van der Waals surface area contributed by atoms with Crippen LogP contribution in [0.3, 0.4) is 0 Å². The molecule has 0 aliphatic rings. The second kappa shape index (κ2) is 13.6. The van der Waals surface area contributed by atoms with E-state index in [1.807, 2.05) is 6.92 Å². The molecule has 1 heterocycles. The summed E-state index contributed by atoms with van der Waals surface area (Å²) in [4.78, 5) is 29.3. The summed E-state index contributed by atoms with van der Waals surface area (Å²) in [5, 5.41) is 9.20. The molecule has 2 amide bonds. The zero-order chi connectivity index (χ0) is 27.7. The summed E-state index contributed by atoms with van der Waals surface area (Å²) in [6.45, 7) is 1.89. The predicted octanol–water partition coefficient (Wildman–Crippen LogP) is 6.55. The molecule has 1 aromatic heterocycles. The van der Waals surface area contributed by atoms with Crippen molar-refractivity contribution in [3.05, 3.63) is 64.3 Å². The van der Waals surface area contributed by atoms with Crippen LogP contribution in [0.15, 0.2) is 48.7 Å². The van der Waals surface area contributed by atoms with Crippen LogP contribution in [0.1, 0.15) is 25.3 Å². The molecule has 0 saturated heterocycles. The number of methoxy groups -OCH3 is 3. The average molecular weight is 559 g/mol. The number of carbonyl (C=O) groups excluding carboxylic acids is 2. The van der Waals surface area contributed by atoms with Crippen LogP contribution >= 0.6 is 23.2 Å². The maximum Gasteiger partial charge on any atom is 0.248 e. The van der Waals surface area contributed by atoms with E-state index in [0.717, 1.165) is 0 Å². The number of nitrogens with zero attached hydrogens (tertiary/aromatic N) is 1. The van der Waals surface area contributed by atoms with Crippen molar-refractivity contribution in [2.45, 2.75) is 19.8 Å². The first-order valence-electron chi connectivity index (χ1n) is 11.6. The molecular weight excluding hydrogens is 531 g/mol. The first-order chi connectivity index (χ1) is 18.3. The van der Waals surface area contributed by atoms with Crippen molar-refractivity contribution in [3.8, 4) is 17.2 Å². The number of rotatable bonds is 11. The third-order valence-electron chi connectivity index (χ3n) is 5.25. The SMILES string of the molecule is CCCC(=O)Nc1cc(Cl)c(Cl)cc1NC(=O)/C=C/c1cccnc1Nc1cc(OC)c(OC)c(OC)c1. The number of carbonyl (C=O) groups is 2. The molecule has 0 saturated carbocycles. The van der Waals surface area contributed by atoms with Crippen LogP contribution in [0, 0.1) is 0 Å². The van der Waals surface area contributed by atoms with Gasteiger partial charge in [-0.3, -0.25) is 9.59 Å². The highest BCUT2D eigenvalue weighted by Crippen LogP contribution is 2.40. The highest BCUT2D eigenvalue weighted by Gasteiger charge is 2.15. The van der Waals surface area contributed by atoms with E-state index >= 15 is 0 Å². The molecule has 2 aromatic carbocycles. The normalized spacial score (nSPS) is 10.7. The van der Waals surface area contributed by atoms with Gasteiger partial charge >= 0.3 is 0 Å². The quantitative estimate of drug-likeness (QED) is 0.229. The van der Waals surface area contributed by atoms with Crippen LogP contribution < -0.4 is 30.2 Å². The lowest BCUT2D eigenvalue weighted by Gasteiger charge is -2.15. The number of aromatic nitrogens is 1. The molecule has 0 aliphatic carbocycles. The number of halogens is 2. The molecule has 0 unspecified atom stereocenters. The van der Waals surface area contributed by atoms with Gasteiger partial charge in [-0.1, -0.05) is 30.1 Å². The van der Waals surface area contributed by atoms with Crippen LogP contribution in [0.25, 0.3) is 6.08 Å². The zero-order valence-electron chi connectivity index (χ0n) is 21.4. The minimum atomic E-state index is -0.447. The molecule has 38 heavy (non-hydrogen) atoms. The summed E-state index contributed by atoms with van der Waals surface area (Å²) in [7, 11) is 4.59. The molecule has 0 aliphatic heterocycles. The summed E-state index contributed by atoms with van der Waals surface area (Å²) < 4.78 is 16.2. The molecule has 3 rings (SSSR count). The van der Waals surface area contributed by atoms with Gasteiger partial charge in [0.2, 0.25) is 17.6 Å². The van der Waals surface area contributed by atoms with Crippen molar-refractivity contribution in [2.75, 3.05) is 37.3 Å². The Morgan fingerprint density at radius 3 is 2.16 bits per heavy atom. The zero-order valence-corrected chi connectivity index (χ0v) is 22.9. The number of amides is 2. The number of pyridine rings is 1. The number of benzene rings is 2. The number of hydrogen-bond acceptors (Lipinski definition) is 7. The first kappa shape index (κ1) is 28.6. The minimum Gasteiger partial charge on any atom is -0.493 e. The van der Waals surface area contributed by atoms with Gasteiger partial charge in [-0.25, -0.2) is 4.98 Å². The van der Waals surface area contributed by atoms with Crippen molar-refractivity contribution in [2.24, 2.45) is 0 Å². The lowest BCUT2D eigenvalue weighted by atomic mass is 10.2. The van der Waals surface area contributed by atoms with Gasteiger partial charge in [-0.15, -0.1) is 0 Å². The van der Waals surface area contributed by atoms with Gasteiger partial charge in [0.15, 0.2) is 11.5 Å². The fourth-order valence-electron chi connectivity index (χ4n) is 3.48. The molecule has 11 heteroatoms. The smallest absolute Gasteiger partial charge is 0.248 e. The number of ether oxygens (including phenoxy) is 3. The largest absolute Gasteiger partial charge is 0.493 e. The number of anilines is 4. The molecule has 0 spiro atoms. The Kier molecular flexibility index (Phi) is 10.2. The topological polar surface area (TPSA) is 111 Å². The average Bonchev–Trinajstić information content (AvgIpc) is 2.90. The highest BCUT2D eigenvalue weighted by atomic mass is 35.5. The molecular formula is C27H28Cl2N4O5. The molecule has 0 fully saturated rings. The maximum atomic E-state index is 12.8. The van der Waals surface area contributed by atoms with Gasteiger partial charge in [0.1, 0.15) is 5.82 Å². The third-order valence-corrected chi connectivity index (χ3v) is 5.97. The van der Waals surface area contributed by atoms with E-state index < -0.39 is 5.91 Å². The van der Waals surface area contributed by atoms with Gasteiger partial charge in [-0.2, -0.15) is 0 Å². The van der Waals surface area contributed by atoms with E-state index in [4.69, 9.17) is 37.4 Å². The summed E-state index contributed by atoms with van der Waals surface area (Å²) in [6, 6.07) is 10.0. The van der Waals surface area contributed by atoms with Crippen LogP contribution in [0.5, 0.6) is 17.2 Å². The summed E-state index contributed by atoms with van der Waals surface area (Å²) in [6.07, 6.45) is 5.58. The van der Waals surface area contributed by atoms with Crippen molar-refractivity contribution in [1.29, 1.82) is 0 Å². The minimum absolute atomic E-state index is 0.199. The van der Waals surface area contributed by atoms with Crippen molar-refractivity contribution in [1.82, 2.24) is 4.98 Å². The summed E-state index contributed by atoms with van der Waals surface area (Å²) in [5.74, 6) is 1.26. The van der Waals surface area contributed by atoms with Gasteiger partial charge in [0.25, 0.3) is 0 Å². The van der Waals surface area contributed by atoms with E-state index in [1.165, 1.54) is 39.5 Å². The number of nitrogens with one attached hydrogen (secondary N) is 3. The van der Waals surface area contributed by atoms with Crippen LogP contribution in [-0.2, 0) is 9.59 Å². The monoisotopic (exact) mass is 558 g/mol. The molecule has 0 bridgehead atoms. The van der Waals surface area contributed by atoms with Crippen molar-refractivity contribution >= 4 is 64.0 Å². The third kappa shape index (κ3) is 7.30. The first-order valence-corrected chi connectivity index (χ1v) is 12.3. The second-order valence-corrected chi connectivity index (χ2v) is 8.73. The van der Waals surface area contributed by atoms with E-state index in [2.05, 4.69) is 20.9 Å². The lowest BCUT2D eigenvalue weighted by molar-refractivity contribution is -0.116. The molecule has 3 aromatic rings. The molecule has 200 valence electrons. The van der Waals surface area contributed by atoms with Crippen LogP contribution in [-0.4, -0.2) is 38.1 Å². The van der Waals surface area contributed by atoms with Gasteiger partial charge in [0, 0.05) is 42.1 Å². The molecule has 9 nitrogen and oxygen atoms in total. The Morgan fingerprint density at radius 1 is 0.947 bits per heavy atom. The van der Waals surface area contributed by atoms with E-state index in [9.17, 15) is 9.59 Å². The lowest BCUT2D eigenvalue weighted by Crippen LogP contribution is -2.15. The van der Waals surface area contributed by atoms with Gasteiger partial charge in [-0.05, 0) is 36.8 Å². The fourth-order valence-corrected chi connectivity index (χ4v) is 3.81. The number of hydrogen-bond donors (Lipinski definition) is 3. The molecule has 3 N–H and O–H groups in total. The van der Waals surface area contributed by atoms with E-state index in [0.29, 0.717) is 58.5 Å².